The van der Waals surface area contributed by atoms with Gasteiger partial charge in [-0.25, -0.2) is 0 Å². The molecule has 9 heteroatoms. The number of carbonyl (C=O) groups excluding carboxylic acids is 4. The van der Waals surface area contributed by atoms with Crippen LogP contribution in [0.25, 0.3) is 0 Å². The van der Waals surface area contributed by atoms with Crippen LogP contribution in [0.5, 0.6) is 0 Å². The minimum absolute atomic E-state index is 0.113. The number of carbonyl (C=O) groups is 4. The van der Waals surface area contributed by atoms with E-state index in [4.69, 9.17) is 0 Å². The van der Waals surface area contributed by atoms with Gasteiger partial charge < -0.3 is 0 Å². The Balaban J connectivity index is 4.73. The molecule has 0 aliphatic carbocycles. The normalized spacial score (nSPS) is 13.0. The maximum absolute atomic E-state index is 12.3. The Morgan fingerprint density at radius 2 is 1.43 bits per heavy atom. The van der Waals surface area contributed by atoms with Crippen molar-refractivity contribution in [2.45, 2.75) is 32.9 Å². The molecule has 0 fully saturated rings. The van der Waals surface area contributed by atoms with Gasteiger partial charge in [0.2, 0.25) is 0 Å². The summed E-state index contributed by atoms with van der Waals surface area (Å²) in [5, 5.41) is 5.00. The molecule has 0 aromatic heterocycles. The van der Waals surface area contributed by atoms with E-state index in [0.29, 0.717) is 5.75 Å². The summed E-state index contributed by atoms with van der Waals surface area (Å²) in [5.74, 6) is 0.0706. The first-order valence-electron chi connectivity index (χ1n) is 6.69. The zero-order valence-corrected chi connectivity index (χ0v) is 17.4. The number of hydrogen-bond donors (Lipinski definition) is 2. The van der Waals surface area contributed by atoms with Crippen LogP contribution in [-0.2, 0) is 19.2 Å². The maximum atomic E-state index is 12.3. The van der Waals surface area contributed by atoms with Gasteiger partial charge >= 0.3 is 156 Å². The van der Waals surface area contributed by atoms with Crippen molar-refractivity contribution < 1.29 is 40.4 Å². The number of nitrogens with one attached hydrogen (secondary N) is 2. The Morgan fingerprint density at radius 1 is 0.957 bits per heavy atom. The van der Waals surface area contributed by atoms with E-state index >= 15 is 0 Å². The van der Waals surface area contributed by atoms with Crippen LogP contribution in [0.15, 0.2) is 10.2 Å². The van der Waals surface area contributed by atoms with Crippen LogP contribution in [0.1, 0.15) is 20.8 Å². The third-order valence-corrected chi connectivity index (χ3v) is 6.62. The predicted octanol–water partition coefficient (Wildman–Crippen LogP) is -2.23. The molecule has 0 saturated carbocycles. The molecule has 0 aliphatic rings. The van der Waals surface area contributed by atoms with Crippen molar-refractivity contribution in [3.63, 3.8) is 0 Å². The summed E-state index contributed by atoms with van der Waals surface area (Å²) in [4.78, 5) is 47.8. The van der Waals surface area contributed by atoms with E-state index in [2.05, 4.69) is 17.2 Å². The summed E-state index contributed by atoms with van der Waals surface area (Å²) in [6.45, 7) is 8.11. The number of halogens is 1. The van der Waals surface area contributed by atoms with Crippen LogP contribution in [0.4, 0.5) is 0 Å². The van der Waals surface area contributed by atoms with E-state index in [0.717, 1.165) is 27.1 Å². The standard InChI is InChI=1S/C14H22IN2O4S2/c1-8(15-5)12(16-9(2)18)6-23-14(21)13(17-10(3)19)7-22-11(4)20/h12-13H,1,6-7H2,2-5H3,(H,16,18)(H,17,19)/q-1. The van der Waals surface area contributed by atoms with Crippen LogP contribution in [0.2, 0.25) is 0 Å². The fraction of sp³-hybridized carbons (Fsp3) is 0.571. The van der Waals surface area contributed by atoms with Crippen molar-refractivity contribution in [2.24, 2.45) is 0 Å². The monoisotopic (exact) mass is 473 g/mol. The molecule has 2 N–H and O–H groups in total. The van der Waals surface area contributed by atoms with Crippen molar-refractivity contribution in [1.82, 2.24) is 10.6 Å². The Labute approximate surface area is 155 Å². The zero-order chi connectivity index (χ0) is 18.0. The molecule has 0 spiro atoms. The summed E-state index contributed by atoms with van der Waals surface area (Å²) in [6.07, 6.45) is 0. The first-order chi connectivity index (χ1) is 10.7. The second-order valence-electron chi connectivity index (χ2n) is 4.57. The van der Waals surface area contributed by atoms with Crippen molar-refractivity contribution in [1.29, 1.82) is 0 Å². The zero-order valence-electron chi connectivity index (χ0n) is 13.6. The Kier molecular flexibility index (Phi) is 11.6. The first-order valence-corrected chi connectivity index (χ1v) is 11.9. The van der Waals surface area contributed by atoms with E-state index in [9.17, 15) is 19.2 Å². The van der Waals surface area contributed by atoms with Gasteiger partial charge in [-0.15, -0.1) is 0 Å². The molecule has 2 unspecified atom stereocenters. The van der Waals surface area contributed by atoms with Gasteiger partial charge in [-0.05, 0) is 0 Å². The Bertz CT molecular complexity index is 485. The van der Waals surface area contributed by atoms with Crippen molar-refractivity contribution in [3.05, 3.63) is 10.2 Å². The third kappa shape index (κ3) is 10.8. The minimum atomic E-state index is -0.728. The number of rotatable bonds is 9. The van der Waals surface area contributed by atoms with Crippen LogP contribution in [-0.4, -0.2) is 50.6 Å². The summed E-state index contributed by atoms with van der Waals surface area (Å²) in [6, 6.07) is -0.980. The first kappa shape index (κ1) is 22.4. The van der Waals surface area contributed by atoms with Gasteiger partial charge in [-0.2, -0.15) is 0 Å². The predicted molar refractivity (Wildman–Crippen MR) is 90.9 cm³/mol. The molecule has 2 atom stereocenters. The van der Waals surface area contributed by atoms with E-state index in [1.165, 1.54) is 20.8 Å². The fourth-order valence-corrected chi connectivity index (χ4v) is 4.60. The molecule has 0 bridgehead atoms. The van der Waals surface area contributed by atoms with E-state index in [1.54, 1.807) is 0 Å². The Morgan fingerprint density at radius 3 is 1.87 bits per heavy atom. The molecular weight excluding hydrogens is 451 g/mol. The van der Waals surface area contributed by atoms with Gasteiger partial charge in [0, 0.05) is 0 Å². The van der Waals surface area contributed by atoms with Gasteiger partial charge in [-0.1, -0.05) is 0 Å². The number of amides is 2. The summed E-state index contributed by atoms with van der Waals surface area (Å²) < 4.78 is 0.938. The number of alkyl halides is 1. The van der Waals surface area contributed by atoms with Gasteiger partial charge in [-0.3, -0.25) is 0 Å². The van der Waals surface area contributed by atoms with Crippen LogP contribution in [0, 0.1) is 0 Å². The van der Waals surface area contributed by atoms with Gasteiger partial charge in [0.25, 0.3) is 0 Å². The van der Waals surface area contributed by atoms with Gasteiger partial charge in [0.1, 0.15) is 0 Å². The van der Waals surface area contributed by atoms with Crippen molar-refractivity contribution in [3.8, 4) is 0 Å². The van der Waals surface area contributed by atoms with E-state index in [-0.39, 0.29) is 55.0 Å². The molecule has 132 valence electrons. The molecule has 0 rings (SSSR count). The quantitative estimate of drug-likeness (QED) is 0.291. The summed E-state index contributed by atoms with van der Waals surface area (Å²) >= 11 is 1.77. The van der Waals surface area contributed by atoms with Crippen molar-refractivity contribution >= 4 is 45.6 Å². The molecule has 2 amide bonds. The average molecular weight is 473 g/mol. The van der Waals surface area contributed by atoms with Gasteiger partial charge in [0.15, 0.2) is 0 Å². The molecule has 0 saturated heterocycles. The fourth-order valence-electron chi connectivity index (χ4n) is 1.47. The van der Waals surface area contributed by atoms with Crippen LogP contribution >= 0.6 is 23.5 Å². The molecule has 23 heavy (non-hydrogen) atoms. The molecular formula is C14H22IN2O4S2-. The molecule has 6 nitrogen and oxygen atoms in total. The molecule has 0 aromatic carbocycles. The van der Waals surface area contributed by atoms with E-state index in [1.807, 2.05) is 4.93 Å². The third-order valence-electron chi connectivity index (χ3n) is 2.51. The second-order valence-corrected chi connectivity index (χ2v) is 9.26. The SMILES string of the molecule is C=C([I-]C)C(CSC(=O)C(CSC(C)=O)NC(C)=O)NC(C)=O. The second kappa shape index (κ2) is 11.9. The number of thioether (sulfide) groups is 2. The topological polar surface area (TPSA) is 92.3 Å². The van der Waals surface area contributed by atoms with E-state index < -0.39 is 6.04 Å². The summed E-state index contributed by atoms with van der Waals surface area (Å²) in [5.41, 5.74) is 0. The van der Waals surface area contributed by atoms with Crippen molar-refractivity contribution in [2.75, 3.05) is 16.4 Å². The van der Waals surface area contributed by atoms with Gasteiger partial charge in [0.05, 0.1) is 0 Å². The van der Waals surface area contributed by atoms with Crippen LogP contribution in [0.3, 0.4) is 0 Å². The average Bonchev–Trinajstić information content (AvgIpc) is 2.45. The number of hydrogen-bond acceptors (Lipinski definition) is 6. The Hall–Kier alpha value is -0.550. The summed E-state index contributed by atoms with van der Waals surface area (Å²) in [7, 11) is 0. The molecule has 0 radical (unpaired) electrons. The molecule has 0 heterocycles. The van der Waals surface area contributed by atoms with Crippen LogP contribution < -0.4 is 31.8 Å². The molecule has 0 aromatic rings. The molecule has 0 aliphatic heterocycles.